The third-order valence-electron chi connectivity index (χ3n) is 1.29. The number of thiophene rings is 1. The molecular formula is C6H4Cl2O5S2. The van der Waals surface area contributed by atoms with Crippen molar-refractivity contribution >= 4 is 48.9 Å². The molecule has 5 nitrogen and oxygen atoms in total. The van der Waals surface area contributed by atoms with Crippen molar-refractivity contribution in [1.29, 1.82) is 0 Å². The quantitative estimate of drug-likeness (QED) is 0.629. The zero-order valence-electron chi connectivity index (χ0n) is 7.19. The molecule has 1 aromatic rings. The number of carbonyl (C=O) groups excluding carboxylic acids is 1. The average Bonchev–Trinajstić information content (AvgIpc) is 2.45. The van der Waals surface area contributed by atoms with Gasteiger partial charge in [-0.05, 0) is 0 Å². The number of hydrogen-bond donors (Lipinski definition) is 0. The van der Waals surface area contributed by atoms with E-state index in [1.54, 1.807) is 0 Å². The Morgan fingerprint density at radius 1 is 1.53 bits per heavy atom. The molecule has 0 aromatic carbocycles. The SMILES string of the molecule is COC(=O)c1csc(Cl)c1OS(=O)(=O)Cl. The molecule has 9 heteroatoms. The van der Waals surface area contributed by atoms with Crippen molar-refractivity contribution in [2.45, 2.75) is 0 Å². The first-order valence-corrected chi connectivity index (χ1v) is 6.83. The van der Waals surface area contributed by atoms with E-state index in [-0.39, 0.29) is 15.6 Å². The van der Waals surface area contributed by atoms with E-state index in [0.29, 0.717) is 0 Å². The van der Waals surface area contributed by atoms with E-state index in [1.165, 1.54) is 5.38 Å². The predicted octanol–water partition coefficient (Wildman–Crippen LogP) is 2.05. The molecule has 0 aliphatic rings. The van der Waals surface area contributed by atoms with Crippen molar-refractivity contribution in [3.8, 4) is 5.75 Å². The topological polar surface area (TPSA) is 69.7 Å². The molecule has 1 heterocycles. The first kappa shape index (κ1) is 12.6. The van der Waals surface area contributed by atoms with Gasteiger partial charge in [0.05, 0.1) is 17.8 Å². The molecule has 1 aromatic heterocycles. The van der Waals surface area contributed by atoms with Crippen molar-refractivity contribution in [1.82, 2.24) is 0 Å². The van der Waals surface area contributed by atoms with Crippen LogP contribution in [0.25, 0.3) is 0 Å². The van der Waals surface area contributed by atoms with Crippen molar-refractivity contribution in [3.63, 3.8) is 0 Å². The Labute approximate surface area is 99.1 Å². The monoisotopic (exact) mass is 290 g/mol. The summed E-state index contributed by atoms with van der Waals surface area (Å²) in [6.07, 6.45) is 0. The van der Waals surface area contributed by atoms with Crippen molar-refractivity contribution in [2.75, 3.05) is 7.11 Å². The Hall–Kier alpha value is -0.500. The molecule has 0 fully saturated rings. The van der Waals surface area contributed by atoms with Crippen molar-refractivity contribution < 1.29 is 22.1 Å². The summed E-state index contributed by atoms with van der Waals surface area (Å²) in [5.41, 5.74) is -0.0864. The van der Waals surface area contributed by atoms with Crippen LogP contribution < -0.4 is 4.18 Å². The van der Waals surface area contributed by atoms with Gasteiger partial charge in [0.15, 0.2) is 5.75 Å². The van der Waals surface area contributed by atoms with Crippen molar-refractivity contribution in [3.05, 3.63) is 15.3 Å². The lowest BCUT2D eigenvalue weighted by Crippen LogP contribution is -2.06. The molecule has 0 atom stereocenters. The highest BCUT2D eigenvalue weighted by Crippen LogP contribution is 2.36. The number of halogens is 2. The first-order valence-electron chi connectivity index (χ1n) is 3.34. The predicted molar refractivity (Wildman–Crippen MR) is 56.1 cm³/mol. The molecule has 0 radical (unpaired) electrons. The van der Waals surface area contributed by atoms with E-state index in [9.17, 15) is 13.2 Å². The van der Waals surface area contributed by atoms with E-state index in [2.05, 4.69) is 8.92 Å². The van der Waals surface area contributed by atoms with Crippen LogP contribution in [-0.2, 0) is 14.1 Å². The molecule has 0 bridgehead atoms. The van der Waals surface area contributed by atoms with Gasteiger partial charge >= 0.3 is 15.3 Å². The molecule has 0 aliphatic heterocycles. The highest BCUT2D eigenvalue weighted by atomic mass is 35.7. The Morgan fingerprint density at radius 3 is 2.60 bits per heavy atom. The number of ether oxygens (including phenoxy) is 1. The van der Waals surface area contributed by atoms with Gasteiger partial charge in [-0.2, -0.15) is 8.42 Å². The van der Waals surface area contributed by atoms with Gasteiger partial charge < -0.3 is 8.92 Å². The molecule has 0 saturated heterocycles. The Balaban J connectivity index is 3.16. The fraction of sp³-hybridized carbons (Fsp3) is 0.167. The summed E-state index contributed by atoms with van der Waals surface area (Å²) in [6.45, 7) is 0. The van der Waals surface area contributed by atoms with Gasteiger partial charge in [0.25, 0.3) is 0 Å². The molecular weight excluding hydrogens is 287 g/mol. The fourth-order valence-corrected chi connectivity index (χ4v) is 2.37. The molecule has 15 heavy (non-hydrogen) atoms. The van der Waals surface area contributed by atoms with E-state index in [0.717, 1.165) is 18.4 Å². The van der Waals surface area contributed by atoms with Gasteiger partial charge in [-0.1, -0.05) is 11.6 Å². The van der Waals surface area contributed by atoms with Gasteiger partial charge in [0, 0.05) is 5.38 Å². The highest BCUT2D eigenvalue weighted by Gasteiger charge is 2.23. The standard InChI is InChI=1S/C6H4Cl2O5S2/c1-12-6(9)3-2-14-5(7)4(3)13-15(8,10)11/h2H,1H3. The molecule has 0 saturated carbocycles. The minimum Gasteiger partial charge on any atom is -0.465 e. The number of methoxy groups -OCH3 is 1. The molecule has 84 valence electrons. The normalized spacial score (nSPS) is 11.1. The molecule has 0 unspecified atom stereocenters. The van der Waals surface area contributed by atoms with Crippen LogP contribution in [-0.4, -0.2) is 21.5 Å². The lowest BCUT2D eigenvalue weighted by molar-refractivity contribution is 0.0599. The highest BCUT2D eigenvalue weighted by molar-refractivity contribution is 8.10. The van der Waals surface area contributed by atoms with Gasteiger partial charge in [0.1, 0.15) is 9.90 Å². The van der Waals surface area contributed by atoms with Crippen LogP contribution in [0.2, 0.25) is 4.34 Å². The fourth-order valence-electron chi connectivity index (χ4n) is 0.752. The van der Waals surface area contributed by atoms with Crippen LogP contribution in [0.1, 0.15) is 10.4 Å². The summed E-state index contributed by atoms with van der Waals surface area (Å²) in [5.74, 6) is -1.07. The zero-order valence-corrected chi connectivity index (χ0v) is 10.3. The molecule has 0 spiro atoms. The smallest absolute Gasteiger partial charge is 0.401 e. The summed E-state index contributed by atoms with van der Waals surface area (Å²) in [4.78, 5) is 11.1. The number of esters is 1. The second-order valence-corrected chi connectivity index (χ2v) is 5.79. The summed E-state index contributed by atoms with van der Waals surface area (Å²) < 4.78 is 30.0. The number of hydrogen-bond acceptors (Lipinski definition) is 6. The van der Waals surface area contributed by atoms with Crippen LogP contribution in [0.15, 0.2) is 5.38 Å². The van der Waals surface area contributed by atoms with E-state index in [4.69, 9.17) is 22.3 Å². The largest absolute Gasteiger partial charge is 0.465 e. The number of rotatable bonds is 3. The third-order valence-corrected chi connectivity index (χ3v) is 3.03. The summed E-state index contributed by atoms with van der Waals surface area (Å²) in [5, 5.41) is 1.31. The molecule has 0 aliphatic carbocycles. The first-order chi connectivity index (χ1) is 6.85. The Kier molecular flexibility index (Phi) is 3.82. The van der Waals surface area contributed by atoms with Crippen LogP contribution in [0.4, 0.5) is 0 Å². The molecule has 1 rings (SSSR count). The lowest BCUT2D eigenvalue weighted by Gasteiger charge is -2.02. The van der Waals surface area contributed by atoms with Gasteiger partial charge in [-0.25, -0.2) is 4.79 Å². The average molecular weight is 291 g/mol. The molecule has 0 N–H and O–H groups in total. The van der Waals surface area contributed by atoms with Crippen LogP contribution in [0.5, 0.6) is 5.75 Å². The third kappa shape index (κ3) is 3.23. The Bertz CT molecular complexity index is 478. The minimum atomic E-state index is -4.25. The minimum absolute atomic E-state index is 0.000347. The summed E-state index contributed by atoms with van der Waals surface area (Å²) >= 11 is 6.55. The second-order valence-electron chi connectivity index (χ2n) is 2.22. The van der Waals surface area contributed by atoms with Gasteiger partial charge in [-0.15, -0.1) is 11.3 Å². The van der Waals surface area contributed by atoms with Crippen LogP contribution in [0, 0.1) is 0 Å². The maximum absolute atomic E-state index is 11.1. The van der Waals surface area contributed by atoms with E-state index in [1.807, 2.05) is 0 Å². The zero-order chi connectivity index (χ0) is 11.6. The van der Waals surface area contributed by atoms with Gasteiger partial charge in [-0.3, -0.25) is 0 Å². The second kappa shape index (κ2) is 4.56. The maximum atomic E-state index is 11.1. The summed E-state index contributed by atoms with van der Waals surface area (Å²) in [7, 11) is 1.76. The lowest BCUT2D eigenvalue weighted by atomic mass is 10.3. The maximum Gasteiger partial charge on any atom is 0.401 e. The molecule has 0 amide bonds. The van der Waals surface area contributed by atoms with E-state index < -0.39 is 15.3 Å². The number of carbonyl (C=O) groups is 1. The van der Waals surface area contributed by atoms with Gasteiger partial charge in [0.2, 0.25) is 0 Å². The summed E-state index contributed by atoms with van der Waals surface area (Å²) in [6, 6.07) is 0. The van der Waals surface area contributed by atoms with Crippen molar-refractivity contribution in [2.24, 2.45) is 0 Å². The van der Waals surface area contributed by atoms with E-state index >= 15 is 0 Å². The Morgan fingerprint density at radius 2 is 2.13 bits per heavy atom. The van der Waals surface area contributed by atoms with Crippen LogP contribution in [0.3, 0.4) is 0 Å². The van der Waals surface area contributed by atoms with Crippen LogP contribution >= 0.6 is 33.6 Å².